The molecule has 4 rings (SSSR count). The van der Waals surface area contributed by atoms with E-state index >= 15 is 0 Å². The summed E-state index contributed by atoms with van der Waals surface area (Å²) in [5.74, 6) is 0.824. The Morgan fingerprint density at radius 2 is 1.69 bits per heavy atom. The van der Waals surface area contributed by atoms with Crippen LogP contribution in [-0.2, 0) is 4.79 Å². The van der Waals surface area contributed by atoms with Gasteiger partial charge < -0.3 is 4.74 Å². The van der Waals surface area contributed by atoms with Crippen molar-refractivity contribution in [2.75, 3.05) is 11.9 Å². The molecule has 0 aliphatic rings. The number of amides is 1. The molecule has 0 saturated carbocycles. The van der Waals surface area contributed by atoms with Gasteiger partial charge in [0.05, 0.1) is 10.2 Å². The van der Waals surface area contributed by atoms with Crippen LogP contribution in [-0.4, -0.2) is 17.5 Å². The second-order valence-electron chi connectivity index (χ2n) is 7.66. The molecule has 0 atom stereocenters. The summed E-state index contributed by atoms with van der Waals surface area (Å²) < 4.78 is 6.51. The van der Waals surface area contributed by atoms with Gasteiger partial charge in [0.1, 0.15) is 5.75 Å². The summed E-state index contributed by atoms with van der Waals surface area (Å²) in [6.45, 7) is 4.19. The highest BCUT2D eigenvalue weighted by molar-refractivity contribution is 9.10. The van der Waals surface area contributed by atoms with E-state index in [2.05, 4.69) is 64.3 Å². The lowest BCUT2D eigenvalue weighted by molar-refractivity contribution is -0.118. The molecule has 4 nitrogen and oxygen atoms in total. The molecule has 0 spiro atoms. The Morgan fingerprint density at radius 1 is 1.00 bits per heavy atom. The lowest BCUT2D eigenvalue weighted by Crippen LogP contribution is -2.20. The van der Waals surface area contributed by atoms with Crippen LogP contribution in [0.2, 0.25) is 0 Å². The Balaban J connectivity index is 1.35. The summed E-state index contributed by atoms with van der Waals surface area (Å²) in [6, 6.07) is 24.4. The quantitative estimate of drug-likeness (QED) is 0.284. The van der Waals surface area contributed by atoms with Crippen molar-refractivity contribution in [3.8, 4) is 28.1 Å². The predicted octanol–water partition coefficient (Wildman–Crippen LogP) is 7.38. The molecule has 1 N–H and O–H groups in total. The van der Waals surface area contributed by atoms with E-state index in [4.69, 9.17) is 4.74 Å². The highest BCUT2D eigenvalue weighted by Crippen LogP contribution is 2.30. The largest absolute Gasteiger partial charge is 0.483 e. The van der Waals surface area contributed by atoms with Crippen LogP contribution in [0.25, 0.3) is 22.4 Å². The molecule has 0 bridgehead atoms. The van der Waals surface area contributed by atoms with Gasteiger partial charge >= 0.3 is 0 Å². The minimum absolute atomic E-state index is 0.0830. The van der Waals surface area contributed by atoms with E-state index in [-0.39, 0.29) is 12.5 Å². The third-order valence-corrected chi connectivity index (χ3v) is 6.40. The van der Waals surface area contributed by atoms with Gasteiger partial charge in [0.2, 0.25) is 0 Å². The maximum Gasteiger partial charge on any atom is 0.264 e. The fraction of sp³-hybridized carbons (Fsp3) is 0.154. The van der Waals surface area contributed by atoms with Crippen LogP contribution in [0.3, 0.4) is 0 Å². The summed E-state index contributed by atoms with van der Waals surface area (Å²) in [5, 5.41) is 5.31. The van der Waals surface area contributed by atoms with Gasteiger partial charge in [0, 0.05) is 10.9 Å². The number of nitrogens with zero attached hydrogens (tertiary/aromatic N) is 1. The molecule has 0 unspecified atom stereocenters. The lowest BCUT2D eigenvalue weighted by Gasteiger charge is -2.11. The smallest absolute Gasteiger partial charge is 0.264 e. The Hall–Kier alpha value is -2.96. The van der Waals surface area contributed by atoms with E-state index in [1.165, 1.54) is 22.5 Å². The normalized spacial score (nSPS) is 10.9. The van der Waals surface area contributed by atoms with Crippen LogP contribution in [0.1, 0.15) is 25.3 Å². The highest BCUT2D eigenvalue weighted by Gasteiger charge is 2.11. The van der Waals surface area contributed by atoms with Crippen LogP contribution in [0.4, 0.5) is 5.13 Å². The molecule has 0 fully saturated rings. The van der Waals surface area contributed by atoms with Crippen molar-refractivity contribution in [2.45, 2.75) is 19.8 Å². The summed E-state index contributed by atoms with van der Waals surface area (Å²) >= 11 is 4.91. The van der Waals surface area contributed by atoms with Crippen LogP contribution in [0.5, 0.6) is 5.75 Å². The predicted molar refractivity (Wildman–Crippen MR) is 135 cm³/mol. The average Bonchev–Trinajstić information content (AvgIpc) is 3.27. The number of aromatic nitrogens is 1. The van der Waals surface area contributed by atoms with Crippen LogP contribution < -0.4 is 10.1 Å². The highest BCUT2D eigenvalue weighted by atomic mass is 79.9. The van der Waals surface area contributed by atoms with Crippen LogP contribution in [0, 0.1) is 0 Å². The van der Waals surface area contributed by atoms with Gasteiger partial charge in [-0.1, -0.05) is 74.5 Å². The molecule has 6 heteroatoms. The molecular weight excluding hydrogens is 484 g/mol. The molecular formula is C26H23BrN2O2S. The summed E-state index contributed by atoms with van der Waals surface area (Å²) in [4.78, 5) is 16.9. The van der Waals surface area contributed by atoms with E-state index in [1.54, 1.807) is 0 Å². The van der Waals surface area contributed by atoms with Crippen LogP contribution in [0.15, 0.2) is 82.6 Å². The van der Waals surface area contributed by atoms with Gasteiger partial charge in [-0.3, -0.25) is 10.1 Å². The molecule has 0 radical (unpaired) electrons. The van der Waals surface area contributed by atoms with Crippen molar-refractivity contribution in [1.82, 2.24) is 4.98 Å². The Bertz CT molecular complexity index is 1200. The minimum Gasteiger partial charge on any atom is -0.483 e. The SMILES string of the molecule is CC(C)c1ccc(OCC(=O)Nc2nc(-c3ccc(-c4ccccc4)cc3)cs2)c(Br)c1. The first-order chi connectivity index (χ1) is 15.5. The number of halogens is 1. The monoisotopic (exact) mass is 506 g/mol. The van der Waals surface area contributed by atoms with Crippen LogP contribution >= 0.6 is 27.3 Å². The van der Waals surface area contributed by atoms with Gasteiger partial charge in [-0.15, -0.1) is 11.3 Å². The molecule has 162 valence electrons. The van der Waals surface area contributed by atoms with Crippen molar-refractivity contribution in [3.63, 3.8) is 0 Å². The standard InChI is InChI=1S/C26H23BrN2O2S/c1-17(2)21-12-13-24(22(27)14-21)31-15-25(30)29-26-28-23(16-32-26)20-10-8-19(9-11-20)18-6-4-3-5-7-18/h3-14,16-17H,15H2,1-2H3,(H,28,29,30). The molecule has 32 heavy (non-hydrogen) atoms. The first kappa shape index (κ1) is 22.2. The summed E-state index contributed by atoms with van der Waals surface area (Å²) in [7, 11) is 0. The fourth-order valence-corrected chi connectivity index (χ4v) is 4.47. The molecule has 4 aromatic rings. The fourth-order valence-electron chi connectivity index (χ4n) is 3.22. The summed E-state index contributed by atoms with van der Waals surface area (Å²) in [6.07, 6.45) is 0. The number of carbonyl (C=O) groups excluding carboxylic acids is 1. The number of benzene rings is 3. The number of rotatable bonds is 7. The minimum atomic E-state index is -0.245. The molecule has 1 aromatic heterocycles. The van der Waals surface area contributed by atoms with Gasteiger partial charge in [-0.25, -0.2) is 4.98 Å². The van der Waals surface area contributed by atoms with E-state index in [0.29, 0.717) is 16.8 Å². The second-order valence-corrected chi connectivity index (χ2v) is 9.38. The molecule has 0 aliphatic heterocycles. The third kappa shape index (κ3) is 5.44. The maximum absolute atomic E-state index is 12.3. The summed E-state index contributed by atoms with van der Waals surface area (Å²) in [5.41, 5.74) is 5.38. The number of carbonyl (C=O) groups is 1. The number of thiazole rings is 1. The zero-order valence-corrected chi connectivity index (χ0v) is 20.2. The molecule has 3 aromatic carbocycles. The van der Waals surface area contributed by atoms with Gasteiger partial charge in [0.25, 0.3) is 5.91 Å². The number of anilines is 1. The number of hydrogen-bond acceptors (Lipinski definition) is 4. The second kappa shape index (κ2) is 10.1. The van der Waals surface area contributed by atoms with E-state index < -0.39 is 0 Å². The molecule has 1 heterocycles. The maximum atomic E-state index is 12.3. The van der Waals surface area contributed by atoms with Gasteiger partial charge in [-0.05, 0) is 50.7 Å². The van der Waals surface area contributed by atoms with Crippen molar-refractivity contribution < 1.29 is 9.53 Å². The van der Waals surface area contributed by atoms with E-state index in [0.717, 1.165) is 21.3 Å². The number of ether oxygens (including phenoxy) is 1. The molecule has 0 saturated heterocycles. The van der Waals surface area contributed by atoms with E-state index in [9.17, 15) is 4.79 Å². The zero-order valence-electron chi connectivity index (χ0n) is 17.8. The number of nitrogens with one attached hydrogen (secondary N) is 1. The zero-order chi connectivity index (χ0) is 22.5. The lowest BCUT2D eigenvalue weighted by atomic mass is 10.0. The van der Waals surface area contributed by atoms with Gasteiger partial charge in [0.15, 0.2) is 11.7 Å². The van der Waals surface area contributed by atoms with Crippen molar-refractivity contribution >= 4 is 38.3 Å². The third-order valence-electron chi connectivity index (χ3n) is 5.02. The first-order valence-electron chi connectivity index (χ1n) is 10.3. The Labute approximate surface area is 200 Å². The topological polar surface area (TPSA) is 51.2 Å². The first-order valence-corrected chi connectivity index (χ1v) is 12.0. The average molecular weight is 507 g/mol. The van der Waals surface area contributed by atoms with Crippen molar-refractivity contribution in [2.24, 2.45) is 0 Å². The molecule has 1 amide bonds. The van der Waals surface area contributed by atoms with E-state index in [1.807, 2.05) is 53.9 Å². The van der Waals surface area contributed by atoms with Crippen molar-refractivity contribution in [1.29, 1.82) is 0 Å². The van der Waals surface area contributed by atoms with Gasteiger partial charge in [-0.2, -0.15) is 0 Å². The van der Waals surface area contributed by atoms with Crippen molar-refractivity contribution in [3.05, 3.63) is 88.2 Å². The number of hydrogen-bond donors (Lipinski definition) is 1. The molecule has 0 aliphatic carbocycles. The Morgan fingerprint density at radius 3 is 2.38 bits per heavy atom. The Kier molecular flexibility index (Phi) is 7.02.